The Morgan fingerprint density at radius 1 is 0.944 bits per heavy atom. The molecular formula is C28H24FN5O2. The van der Waals surface area contributed by atoms with Crippen molar-refractivity contribution in [3.05, 3.63) is 78.1 Å². The highest BCUT2D eigenvalue weighted by atomic mass is 19.1. The summed E-state index contributed by atoms with van der Waals surface area (Å²) in [5.41, 5.74) is 4.55. The Hall–Kier alpha value is -4.61. The molecule has 4 rings (SSSR count). The summed E-state index contributed by atoms with van der Waals surface area (Å²) < 4.78 is 13.6. The number of benzene rings is 3. The number of carbonyl (C=O) groups is 2. The zero-order valence-electron chi connectivity index (χ0n) is 19.9. The number of nitrogens with zero attached hydrogens (tertiary/aromatic N) is 3. The third-order valence-corrected chi connectivity index (χ3v) is 5.27. The average Bonchev–Trinajstić information content (AvgIpc) is 2.86. The summed E-state index contributed by atoms with van der Waals surface area (Å²) in [7, 11) is 3.64. The molecule has 0 unspecified atom stereocenters. The van der Waals surface area contributed by atoms with E-state index < -0.39 is 0 Å². The highest BCUT2D eigenvalue weighted by Gasteiger charge is 2.16. The number of likely N-dealkylation sites (N-methyl/N-ethyl adjacent to an activating group) is 1. The number of aromatic nitrogens is 2. The van der Waals surface area contributed by atoms with Crippen LogP contribution in [0.2, 0.25) is 0 Å². The number of rotatable bonds is 7. The second kappa shape index (κ2) is 10.8. The average molecular weight is 482 g/mol. The zero-order valence-corrected chi connectivity index (χ0v) is 19.9. The minimum absolute atomic E-state index is 0.115. The SMILES string of the molecule is C#CCNC(=O)c1ccc2nc(-c3cccc(NC(=O)CN(C)C)c3)c(-c3ccc(F)cc3)nc2c1. The van der Waals surface area contributed by atoms with Gasteiger partial charge in [0.05, 0.1) is 35.5 Å². The maximum atomic E-state index is 13.6. The van der Waals surface area contributed by atoms with Crippen LogP contribution in [0.4, 0.5) is 10.1 Å². The third kappa shape index (κ3) is 5.71. The van der Waals surface area contributed by atoms with Crippen LogP contribution in [0, 0.1) is 18.2 Å². The molecule has 7 nitrogen and oxygen atoms in total. The summed E-state index contributed by atoms with van der Waals surface area (Å²) in [5, 5.41) is 5.52. The van der Waals surface area contributed by atoms with Crippen molar-refractivity contribution in [1.82, 2.24) is 20.2 Å². The Kier molecular flexibility index (Phi) is 7.33. The van der Waals surface area contributed by atoms with Gasteiger partial charge in [0.2, 0.25) is 5.91 Å². The minimum Gasteiger partial charge on any atom is -0.341 e. The second-order valence-electron chi connectivity index (χ2n) is 8.38. The van der Waals surface area contributed by atoms with E-state index in [1.807, 2.05) is 32.3 Å². The van der Waals surface area contributed by atoms with Gasteiger partial charge < -0.3 is 15.5 Å². The lowest BCUT2D eigenvalue weighted by Crippen LogP contribution is -2.27. The van der Waals surface area contributed by atoms with Gasteiger partial charge in [0.25, 0.3) is 5.91 Å². The van der Waals surface area contributed by atoms with Crippen LogP contribution < -0.4 is 10.6 Å². The quantitative estimate of drug-likeness (QED) is 0.390. The first-order valence-corrected chi connectivity index (χ1v) is 11.2. The van der Waals surface area contributed by atoms with Gasteiger partial charge in [-0.15, -0.1) is 6.42 Å². The molecule has 3 aromatic carbocycles. The second-order valence-corrected chi connectivity index (χ2v) is 8.38. The van der Waals surface area contributed by atoms with Gasteiger partial charge >= 0.3 is 0 Å². The number of hydrogen-bond donors (Lipinski definition) is 2. The highest BCUT2D eigenvalue weighted by molar-refractivity contribution is 5.98. The predicted octanol–water partition coefficient (Wildman–Crippen LogP) is 3.97. The summed E-state index contributed by atoms with van der Waals surface area (Å²) in [6.45, 7) is 0.363. The maximum absolute atomic E-state index is 13.6. The fourth-order valence-electron chi connectivity index (χ4n) is 3.67. The highest BCUT2D eigenvalue weighted by Crippen LogP contribution is 2.32. The fraction of sp³-hybridized carbons (Fsp3) is 0.143. The molecule has 1 heterocycles. The Bertz CT molecular complexity index is 1480. The van der Waals surface area contributed by atoms with Crippen molar-refractivity contribution < 1.29 is 14.0 Å². The largest absolute Gasteiger partial charge is 0.341 e. The molecule has 0 aliphatic heterocycles. The predicted molar refractivity (Wildman–Crippen MR) is 139 cm³/mol. The molecule has 0 aliphatic carbocycles. The van der Waals surface area contributed by atoms with Crippen LogP contribution in [0.25, 0.3) is 33.5 Å². The van der Waals surface area contributed by atoms with E-state index in [2.05, 4.69) is 16.6 Å². The number of anilines is 1. The number of halogens is 1. The van der Waals surface area contributed by atoms with Crippen molar-refractivity contribution >= 4 is 28.5 Å². The van der Waals surface area contributed by atoms with E-state index in [4.69, 9.17) is 16.4 Å². The number of terminal acetylenes is 1. The van der Waals surface area contributed by atoms with Crippen LogP contribution in [0.15, 0.2) is 66.7 Å². The van der Waals surface area contributed by atoms with E-state index in [-0.39, 0.29) is 30.7 Å². The molecule has 180 valence electrons. The van der Waals surface area contributed by atoms with Crippen LogP contribution in [0.1, 0.15) is 10.4 Å². The molecule has 0 bridgehead atoms. The summed E-state index contributed by atoms with van der Waals surface area (Å²) in [6.07, 6.45) is 5.23. The first kappa shape index (κ1) is 24.5. The molecule has 2 amide bonds. The summed E-state index contributed by atoms with van der Waals surface area (Å²) in [4.78, 5) is 36.1. The van der Waals surface area contributed by atoms with Crippen LogP contribution in [0.3, 0.4) is 0 Å². The van der Waals surface area contributed by atoms with Crippen molar-refractivity contribution in [3.8, 4) is 34.9 Å². The lowest BCUT2D eigenvalue weighted by Gasteiger charge is -2.13. The summed E-state index contributed by atoms with van der Waals surface area (Å²) in [5.74, 6) is 1.55. The maximum Gasteiger partial charge on any atom is 0.252 e. The molecule has 0 spiro atoms. The van der Waals surface area contributed by atoms with Crippen LogP contribution in [-0.4, -0.2) is 53.9 Å². The van der Waals surface area contributed by atoms with Gasteiger partial charge in [-0.1, -0.05) is 18.1 Å². The summed E-state index contributed by atoms with van der Waals surface area (Å²) in [6, 6.07) is 18.3. The Labute approximate surface area is 208 Å². The smallest absolute Gasteiger partial charge is 0.252 e. The molecule has 4 aromatic rings. The molecule has 0 saturated carbocycles. The standard InChI is InChI=1S/C28H24FN5O2/c1-4-14-30-28(36)20-10-13-23-24(16-20)33-26(18-8-11-21(29)12-9-18)27(32-23)19-6-5-7-22(15-19)31-25(35)17-34(2)3/h1,5-13,15-16H,14,17H2,2-3H3,(H,30,36)(H,31,35). The topological polar surface area (TPSA) is 87.2 Å². The van der Waals surface area contributed by atoms with E-state index in [1.54, 1.807) is 41.3 Å². The van der Waals surface area contributed by atoms with E-state index in [0.717, 1.165) is 5.56 Å². The Morgan fingerprint density at radius 3 is 2.39 bits per heavy atom. The van der Waals surface area contributed by atoms with Gasteiger partial charge in [-0.3, -0.25) is 9.59 Å². The van der Waals surface area contributed by atoms with Crippen molar-refractivity contribution in [1.29, 1.82) is 0 Å². The van der Waals surface area contributed by atoms with Gasteiger partial charge in [0.1, 0.15) is 5.82 Å². The van der Waals surface area contributed by atoms with Gasteiger partial charge in [-0.05, 0) is 68.7 Å². The molecule has 0 fully saturated rings. The Morgan fingerprint density at radius 2 is 1.67 bits per heavy atom. The molecule has 2 N–H and O–H groups in total. The van der Waals surface area contributed by atoms with Crippen LogP contribution in [0.5, 0.6) is 0 Å². The van der Waals surface area contributed by atoms with Crippen molar-refractivity contribution in [2.24, 2.45) is 0 Å². The van der Waals surface area contributed by atoms with Crippen LogP contribution >= 0.6 is 0 Å². The molecule has 8 heteroatoms. The van der Waals surface area contributed by atoms with E-state index in [1.165, 1.54) is 12.1 Å². The lowest BCUT2D eigenvalue weighted by molar-refractivity contribution is -0.116. The number of nitrogens with one attached hydrogen (secondary N) is 2. The number of hydrogen-bond acceptors (Lipinski definition) is 5. The first-order chi connectivity index (χ1) is 17.3. The third-order valence-electron chi connectivity index (χ3n) is 5.27. The Balaban J connectivity index is 1.81. The number of fused-ring (bicyclic) bond motifs is 1. The van der Waals surface area contributed by atoms with Crippen molar-refractivity contribution in [3.63, 3.8) is 0 Å². The zero-order chi connectivity index (χ0) is 25.7. The lowest BCUT2D eigenvalue weighted by atomic mass is 10.0. The van der Waals surface area contributed by atoms with Crippen LogP contribution in [-0.2, 0) is 4.79 Å². The number of amides is 2. The van der Waals surface area contributed by atoms with E-state index in [9.17, 15) is 14.0 Å². The van der Waals surface area contributed by atoms with Gasteiger partial charge in [0.15, 0.2) is 0 Å². The summed E-state index contributed by atoms with van der Waals surface area (Å²) >= 11 is 0. The molecule has 0 radical (unpaired) electrons. The minimum atomic E-state index is -0.368. The van der Waals surface area contributed by atoms with E-state index >= 15 is 0 Å². The molecule has 36 heavy (non-hydrogen) atoms. The molecule has 0 saturated heterocycles. The first-order valence-electron chi connectivity index (χ1n) is 11.2. The molecule has 0 aliphatic rings. The van der Waals surface area contributed by atoms with E-state index in [0.29, 0.717) is 39.2 Å². The monoisotopic (exact) mass is 481 g/mol. The van der Waals surface area contributed by atoms with Gasteiger partial charge in [0, 0.05) is 22.4 Å². The fourth-order valence-corrected chi connectivity index (χ4v) is 3.67. The van der Waals surface area contributed by atoms with Crippen molar-refractivity contribution in [2.45, 2.75) is 0 Å². The molecule has 0 atom stereocenters. The van der Waals surface area contributed by atoms with Gasteiger partial charge in [-0.2, -0.15) is 0 Å². The van der Waals surface area contributed by atoms with Gasteiger partial charge in [-0.25, -0.2) is 14.4 Å². The number of carbonyl (C=O) groups excluding carboxylic acids is 2. The normalized spacial score (nSPS) is 10.8. The molecule has 1 aromatic heterocycles. The van der Waals surface area contributed by atoms with Crippen molar-refractivity contribution in [2.75, 3.05) is 32.5 Å². The molecular weight excluding hydrogens is 457 g/mol.